The first-order valence-electron chi connectivity index (χ1n) is 6.84. The molecular formula is C13H26N2O3. The van der Waals surface area contributed by atoms with Gasteiger partial charge in [-0.05, 0) is 45.8 Å². The summed E-state index contributed by atoms with van der Waals surface area (Å²) < 4.78 is 4.88. The number of carboxylic acid groups (broad SMARTS) is 1. The number of piperidine rings is 1. The first kappa shape index (κ1) is 15.4. The van der Waals surface area contributed by atoms with Gasteiger partial charge in [-0.1, -0.05) is 6.42 Å². The zero-order chi connectivity index (χ0) is 13.4. The highest BCUT2D eigenvalue weighted by Crippen LogP contribution is 2.15. The van der Waals surface area contributed by atoms with Gasteiger partial charge in [0.1, 0.15) is 6.04 Å². The third-order valence-electron chi connectivity index (χ3n) is 3.58. The van der Waals surface area contributed by atoms with Gasteiger partial charge in [-0.3, -0.25) is 4.79 Å². The Morgan fingerprint density at radius 1 is 1.56 bits per heavy atom. The second-order valence-corrected chi connectivity index (χ2v) is 5.03. The summed E-state index contributed by atoms with van der Waals surface area (Å²) in [5, 5.41) is 12.0. The third-order valence-corrected chi connectivity index (χ3v) is 3.58. The number of hydrogen-bond donors (Lipinski definition) is 2. The molecule has 2 N–H and O–H groups in total. The number of hydrogen-bond acceptors (Lipinski definition) is 4. The van der Waals surface area contributed by atoms with Crippen molar-refractivity contribution >= 4 is 5.97 Å². The van der Waals surface area contributed by atoms with Crippen molar-refractivity contribution in [1.82, 2.24) is 10.2 Å². The average Bonchev–Trinajstić information content (AvgIpc) is 2.35. The predicted octanol–water partition coefficient (Wildman–Crippen LogP) is 0.940. The molecule has 0 aromatic carbocycles. The third kappa shape index (κ3) is 5.33. The van der Waals surface area contributed by atoms with Gasteiger partial charge >= 0.3 is 5.97 Å². The van der Waals surface area contributed by atoms with Gasteiger partial charge in [0, 0.05) is 13.2 Å². The smallest absolute Gasteiger partial charge is 0.323 e. The lowest BCUT2D eigenvalue weighted by Crippen LogP contribution is -2.43. The van der Waals surface area contributed by atoms with Crippen LogP contribution in [-0.4, -0.2) is 61.4 Å². The van der Waals surface area contributed by atoms with Crippen molar-refractivity contribution in [2.45, 2.75) is 44.7 Å². The summed E-state index contributed by atoms with van der Waals surface area (Å²) >= 11 is 0. The van der Waals surface area contributed by atoms with Crippen LogP contribution in [0.25, 0.3) is 0 Å². The van der Waals surface area contributed by atoms with Gasteiger partial charge in [-0.25, -0.2) is 0 Å². The minimum Gasteiger partial charge on any atom is -0.480 e. The largest absolute Gasteiger partial charge is 0.480 e. The SMILES string of the molecule is COCC(NCCCN1CCCCC1C)C(=O)O. The molecule has 106 valence electrons. The summed E-state index contributed by atoms with van der Waals surface area (Å²) in [6, 6.07) is 0.0850. The van der Waals surface area contributed by atoms with Gasteiger partial charge < -0.3 is 20.1 Å². The number of rotatable bonds is 8. The quantitative estimate of drug-likeness (QED) is 0.635. The Labute approximate surface area is 109 Å². The highest BCUT2D eigenvalue weighted by Gasteiger charge is 2.18. The minimum absolute atomic E-state index is 0.218. The first-order chi connectivity index (χ1) is 8.65. The topological polar surface area (TPSA) is 61.8 Å². The van der Waals surface area contributed by atoms with Gasteiger partial charge in [0.15, 0.2) is 0 Å². The lowest BCUT2D eigenvalue weighted by molar-refractivity contribution is -0.140. The van der Waals surface area contributed by atoms with Crippen molar-refractivity contribution < 1.29 is 14.6 Å². The molecule has 0 spiro atoms. The molecule has 5 nitrogen and oxygen atoms in total. The molecule has 2 unspecified atom stereocenters. The van der Waals surface area contributed by atoms with E-state index in [1.807, 2.05) is 0 Å². The maximum absolute atomic E-state index is 10.9. The Morgan fingerprint density at radius 2 is 2.33 bits per heavy atom. The molecule has 0 aromatic heterocycles. The molecule has 0 radical (unpaired) electrons. The minimum atomic E-state index is -0.844. The van der Waals surface area contributed by atoms with E-state index < -0.39 is 12.0 Å². The Hall–Kier alpha value is -0.650. The fourth-order valence-corrected chi connectivity index (χ4v) is 2.43. The molecule has 0 bridgehead atoms. The highest BCUT2D eigenvalue weighted by molar-refractivity contribution is 5.73. The summed E-state index contributed by atoms with van der Waals surface area (Å²) in [6.45, 7) is 5.45. The Bertz CT molecular complexity index is 248. The summed E-state index contributed by atoms with van der Waals surface area (Å²) in [7, 11) is 1.52. The van der Waals surface area contributed by atoms with Crippen LogP contribution < -0.4 is 5.32 Å². The number of carbonyl (C=O) groups is 1. The second-order valence-electron chi connectivity index (χ2n) is 5.03. The van der Waals surface area contributed by atoms with Crippen LogP contribution in [0.5, 0.6) is 0 Å². The molecule has 1 rings (SSSR count). The molecule has 0 amide bonds. The van der Waals surface area contributed by atoms with Crippen LogP contribution in [0.15, 0.2) is 0 Å². The van der Waals surface area contributed by atoms with E-state index in [2.05, 4.69) is 17.1 Å². The predicted molar refractivity (Wildman–Crippen MR) is 70.8 cm³/mol. The van der Waals surface area contributed by atoms with Crippen LogP contribution in [-0.2, 0) is 9.53 Å². The number of carboxylic acids is 1. The van der Waals surface area contributed by atoms with Crippen LogP contribution in [0.2, 0.25) is 0 Å². The van der Waals surface area contributed by atoms with E-state index in [0.29, 0.717) is 6.04 Å². The summed E-state index contributed by atoms with van der Waals surface area (Å²) in [5.74, 6) is -0.844. The van der Waals surface area contributed by atoms with Crippen molar-refractivity contribution in [3.05, 3.63) is 0 Å². The van der Waals surface area contributed by atoms with Crippen LogP contribution in [0.3, 0.4) is 0 Å². The molecule has 1 saturated heterocycles. The fourth-order valence-electron chi connectivity index (χ4n) is 2.43. The summed E-state index contributed by atoms with van der Waals surface area (Å²) in [5.41, 5.74) is 0. The molecule has 0 aromatic rings. The molecule has 2 atom stereocenters. The highest BCUT2D eigenvalue weighted by atomic mass is 16.5. The van der Waals surface area contributed by atoms with E-state index in [4.69, 9.17) is 9.84 Å². The van der Waals surface area contributed by atoms with Crippen molar-refractivity contribution in [3.63, 3.8) is 0 Å². The molecule has 1 fully saturated rings. The molecule has 5 heteroatoms. The van der Waals surface area contributed by atoms with Crippen molar-refractivity contribution in [2.24, 2.45) is 0 Å². The molecular weight excluding hydrogens is 232 g/mol. The first-order valence-corrected chi connectivity index (χ1v) is 6.84. The molecule has 0 saturated carbocycles. The van der Waals surface area contributed by atoms with Crippen LogP contribution in [0.4, 0.5) is 0 Å². The normalized spacial score (nSPS) is 22.9. The monoisotopic (exact) mass is 258 g/mol. The van der Waals surface area contributed by atoms with Crippen molar-refractivity contribution in [1.29, 1.82) is 0 Å². The zero-order valence-corrected chi connectivity index (χ0v) is 11.5. The zero-order valence-electron chi connectivity index (χ0n) is 11.5. The number of nitrogens with zero attached hydrogens (tertiary/aromatic N) is 1. The van der Waals surface area contributed by atoms with E-state index in [-0.39, 0.29) is 6.61 Å². The lowest BCUT2D eigenvalue weighted by Gasteiger charge is -2.33. The molecule has 18 heavy (non-hydrogen) atoms. The van der Waals surface area contributed by atoms with E-state index in [1.165, 1.54) is 32.9 Å². The van der Waals surface area contributed by atoms with Crippen LogP contribution >= 0.6 is 0 Å². The molecule has 1 heterocycles. The summed E-state index contributed by atoms with van der Waals surface area (Å²) in [4.78, 5) is 13.4. The maximum Gasteiger partial charge on any atom is 0.323 e. The number of aliphatic carboxylic acids is 1. The number of methoxy groups -OCH3 is 1. The molecule has 0 aliphatic carbocycles. The van der Waals surface area contributed by atoms with Crippen LogP contribution in [0.1, 0.15) is 32.6 Å². The lowest BCUT2D eigenvalue weighted by atomic mass is 10.0. The Morgan fingerprint density at radius 3 is 2.94 bits per heavy atom. The van der Waals surface area contributed by atoms with Crippen LogP contribution in [0, 0.1) is 0 Å². The van der Waals surface area contributed by atoms with E-state index >= 15 is 0 Å². The Balaban J connectivity index is 2.14. The van der Waals surface area contributed by atoms with E-state index in [0.717, 1.165) is 19.5 Å². The number of likely N-dealkylation sites (tertiary alicyclic amines) is 1. The van der Waals surface area contributed by atoms with E-state index in [1.54, 1.807) is 0 Å². The maximum atomic E-state index is 10.9. The van der Waals surface area contributed by atoms with Gasteiger partial charge in [0.05, 0.1) is 6.61 Å². The number of ether oxygens (including phenoxy) is 1. The Kier molecular flexibility index (Phi) is 7.23. The fraction of sp³-hybridized carbons (Fsp3) is 0.923. The molecule has 1 aliphatic heterocycles. The molecule has 1 aliphatic rings. The van der Waals surface area contributed by atoms with Gasteiger partial charge in [-0.2, -0.15) is 0 Å². The number of nitrogens with one attached hydrogen (secondary N) is 1. The van der Waals surface area contributed by atoms with Gasteiger partial charge in [0.25, 0.3) is 0 Å². The van der Waals surface area contributed by atoms with Gasteiger partial charge in [-0.15, -0.1) is 0 Å². The average molecular weight is 258 g/mol. The summed E-state index contributed by atoms with van der Waals surface area (Å²) in [6.07, 6.45) is 4.90. The van der Waals surface area contributed by atoms with Gasteiger partial charge in [0.2, 0.25) is 0 Å². The van der Waals surface area contributed by atoms with E-state index in [9.17, 15) is 4.79 Å². The standard InChI is InChI=1S/C13H26N2O3/c1-11-6-3-4-8-15(11)9-5-7-14-12(10-18-2)13(16)17/h11-12,14H,3-10H2,1-2H3,(H,16,17). The van der Waals surface area contributed by atoms with Crippen molar-refractivity contribution in [2.75, 3.05) is 33.4 Å². The second kappa shape index (κ2) is 8.45. The van der Waals surface area contributed by atoms with Crippen molar-refractivity contribution in [3.8, 4) is 0 Å².